The van der Waals surface area contributed by atoms with Crippen LogP contribution in [0.2, 0.25) is 0 Å². The minimum Gasteiger partial charge on any atom is -0.491 e. The van der Waals surface area contributed by atoms with Gasteiger partial charge in [-0.3, -0.25) is 9.89 Å². The van der Waals surface area contributed by atoms with E-state index in [1.54, 1.807) is 26.1 Å². The molecule has 0 aromatic heterocycles. The van der Waals surface area contributed by atoms with E-state index in [9.17, 15) is 17.6 Å². The summed E-state index contributed by atoms with van der Waals surface area (Å²) in [5, 5.41) is 6.15. The first kappa shape index (κ1) is 20.3. The summed E-state index contributed by atoms with van der Waals surface area (Å²) in [6.07, 6.45) is -3.58. The standard InChI is InChI=1S/C17H24F4N4O/c1-3-26-15-5-4-12(8-14(15)18)9-23-16(22-2)24-13-6-7-25(10-13)11-17(19,20)21/h4-5,8,13H,3,6-7,9-11H2,1-2H3,(H2,22,23,24). The molecule has 0 radical (unpaired) electrons. The maximum Gasteiger partial charge on any atom is 0.401 e. The van der Waals surface area contributed by atoms with E-state index in [2.05, 4.69) is 15.6 Å². The third-order valence-electron chi connectivity index (χ3n) is 4.00. The number of halogens is 4. The number of benzene rings is 1. The van der Waals surface area contributed by atoms with Crippen LogP contribution in [-0.2, 0) is 6.54 Å². The summed E-state index contributed by atoms with van der Waals surface area (Å²) in [6.45, 7) is 2.29. The van der Waals surface area contributed by atoms with Gasteiger partial charge in [-0.2, -0.15) is 13.2 Å². The molecule has 2 N–H and O–H groups in total. The van der Waals surface area contributed by atoms with Crippen LogP contribution in [0.1, 0.15) is 18.9 Å². The number of hydrogen-bond donors (Lipinski definition) is 2. The number of nitrogens with zero attached hydrogens (tertiary/aromatic N) is 2. The molecular weight excluding hydrogens is 352 g/mol. The summed E-state index contributed by atoms with van der Waals surface area (Å²) in [4.78, 5) is 5.44. The van der Waals surface area contributed by atoms with E-state index in [1.165, 1.54) is 11.0 Å². The normalized spacial score (nSPS) is 18.8. The molecule has 0 saturated carbocycles. The van der Waals surface area contributed by atoms with E-state index >= 15 is 0 Å². The lowest BCUT2D eigenvalue weighted by molar-refractivity contribution is -0.143. The van der Waals surface area contributed by atoms with Crippen LogP contribution in [-0.4, -0.2) is 56.4 Å². The zero-order valence-corrected chi connectivity index (χ0v) is 14.9. The first-order valence-corrected chi connectivity index (χ1v) is 8.48. The molecule has 0 aliphatic carbocycles. The minimum atomic E-state index is -4.19. The molecule has 1 heterocycles. The summed E-state index contributed by atoms with van der Waals surface area (Å²) >= 11 is 0. The minimum absolute atomic E-state index is 0.111. The Morgan fingerprint density at radius 3 is 2.77 bits per heavy atom. The molecule has 1 saturated heterocycles. The van der Waals surface area contributed by atoms with Crippen LogP contribution < -0.4 is 15.4 Å². The van der Waals surface area contributed by atoms with Crippen molar-refractivity contribution >= 4 is 5.96 Å². The Morgan fingerprint density at radius 1 is 1.38 bits per heavy atom. The molecule has 1 aliphatic rings. The maximum absolute atomic E-state index is 13.9. The van der Waals surface area contributed by atoms with E-state index in [1.807, 2.05) is 0 Å². The van der Waals surface area contributed by atoms with Gasteiger partial charge in [0, 0.05) is 32.7 Å². The van der Waals surface area contributed by atoms with Crippen LogP contribution in [0.5, 0.6) is 5.75 Å². The largest absolute Gasteiger partial charge is 0.491 e. The fourth-order valence-electron chi connectivity index (χ4n) is 2.85. The molecule has 1 aromatic carbocycles. The lowest BCUT2D eigenvalue weighted by Gasteiger charge is -2.20. The van der Waals surface area contributed by atoms with Crippen molar-refractivity contribution in [3.05, 3.63) is 29.6 Å². The Bertz CT molecular complexity index is 621. The summed E-state index contributed by atoms with van der Waals surface area (Å²) in [7, 11) is 1.58. The van der Waals surface area contributed by atoms with Crippen molar-refractivity contribution in [1.29, 1.82) is 0 Å². The van der Waals surface area contributed by atoms with Crippen molar-refractivity contribution in [3.8, 4) is 5.75 Å². The zero-order chi connectivity index (χ0) is 19.2. The molecule has 1 aromatic rings. The molecule has 1 fully saturated rings. The van der Waals surface area contributed by atoms with Crippen molar-refractivity contribution in [3.63, 3.8) is 0 Å². The molecule has 1 unspecified atom stereocenters. The quantitative estimate of drug-likeness (QED) is 0.455. The van der Waals surface area contributed by atoms with Crippen molar-refractivity contribution in [2.75, 3.05) is 33.3 Å². The van der Waals surface area contributed by atoms with Gasteiger partial charge in [0.15, 0.2) is 17.5 Å². The van der Waals surface area contributed by atoms with Gasteiger partial charge in [-0.25, -0.2) is 4.39 Å². The molecule has 0 bridgehead atoms. The van der Waals surface area contributed by atoms with Crippen LogP contribution in [0.25, 0.3) is 0 Å². The fourth-order valence-corrected chi connectivity index (χ4v) is 2.85. The number of guanidine groups is 1. The van der Waals surface area contributed by atoms with E-state index in [0.29, 0.717) is 44.2 Å². The van der Waals surface area contributed by atoms with Crippen LogP contribution in [0.15, 0.2) is 23.2 Å². The highest BCUT2D eigenvalue weighted by Gasteiger charge is 2.34. The second kappa shape index (κ2) is 9.07. The Balaban J connectivity index is 1.82. The number of ether oxygens (including phenoxy) is 1. The third-order valence-corrected chi connectivity index (χ3v) is 4.00. The lowest BCUT2D eigenvalue weighted by atomic mass is 10.2. The molecule has 1 aliphatic heterocycles. The fraction of sp³-hybridized carbons (Fsp3) is 0.588. The molecule has 5 nitrogen and oxygen atoms in total. The lowest BCUT2D eigenvalue weighted by Crippen LogP contribution is -2.44. The second-order valence-electron chi connectivity index (χ2n) is 6.10. The Morgan fingerprint density at radius 2 is 2.15 bits per heavy atom. The van der Waals surface area contributed by atoms with Crippen molar-refractivity contribution in [2.45, 2.75) is 32.1 Å². The van der Waals surface area contributed by atoms with E-state index < -0.39 is 18.5 Å². The number of alkyl halides is 3. The van der Waals surface area contributed by atoms with Gasteiger partial charge >= 0.3 is 6.18 Å². The van der Waals surface area contributed by atoms with Gasteiger partial charge in [0.05, 0.1) is 13.2 Å². The SMILES string of the molecule is CCOc1ccc(CNC(=NC)NC2CCN(CC(F)(F)F)C2)cc1F. The van der Waals surface area contributed by atoms with Crippen molar-refractivity contribution in [2.24, 2.45) is 4.99 Å². The number of likely N-dealkylation sites (tertiary alicyclic amines) is 1. The Labute approximate surface area is 150 Å². The number of aliphatic imine (C=N–C) groups is 1. The molecule has 9 heteroatoms. The molecule has 146 valence electrons. The summed E-state index contributed by atoms with van der Waals surface area (Å²) in [5.41, 5.74) is 0.707. The van der Waals surface area contributed by atoms with Crippen molar-refractivity contribution in [1.82, 2.24) is 15.5 Å². The van der Waals surface area contributed by atoms with Crippen LogP contribution in [0.4, 0.5) is 17.6 Å². The highest BCUT2D eigenvalue weighted by molar-refractivity contribution is 5.80. The predicted molar refractivity (Wildman–Crippen MR) is 91.8 cm³/mol. The topological polar surface area (TPSA) is 48.9 Å². The van der Waals surface area contributed by atoms with Gasteiger partial charge in [-0.15, -0.1) is 0 Å². The van der Waals surface area contributed by atoms with Crippen molar-refractivity contribution < 1.29 is 22.3 Å². The summed E-state index contributed by atoms with van der Waals surface area (Å²) in [5.74, 6) is 0.236. The predicted octanol–water partition coefficient (Wildman–Crippen LogP) is 2.53. The van der Waals surface area contributed by atoms with Gasteiger partial charge in [0.2, 0.25) is 0 Å². The molecule has 2 rings (SSSR count). The monoisotopic (exact) mass is 376 g/mol. The zero-order valence-electron chi connectivity index (χ0n) is 14.9. The van der Waals surface area contributed by atoms with E-state index in [0.717, 1.165) is 0 Å². The molecule has 0 spiro atoms. The Hall–Kier alpha value is -2.03. The van der Waals surface area contributed by atoms with Gasteiger partial charge in [-0.1, -0.05) is 6.07 Å². The molecule has 1 atom stereocenters. The number of rotatable bonds is 6. The number of hydrogen-bond acceptors (Lipinski definition) is 3. The van der Waals surface area contributed by atoms with Crippen LogP contribution in [0.3, 0.4) is 0 Å². The summed E-state index contributed by atoms with van der Waals surface area (Å²) < 4.78 is 56.3. The smallest absolute Gasteiger partial charge is 0.401 e. The highest BCUT2D eigenvalue weighted by atomic mass is 19.4. The molecular formula is C17H24F4N4O. The van der Waals surface area contributed by atoms with Crippen LogP contribution >= 0.6 is 0 Å². The average Bonchev–Trinajstić information content (AvgIpc) is 2.98. The first-order valence-electron chi connectivity index (χ1n) is 8.48. The highest BCUT2D eigenvalue weighted by Crippen LogP contribution is 2.20. The maximum atomic E-state index is 13.9. The summed E-state index contributed by atoms with van der Waals surface area (Å²) in [6, 6.07) is 4.58. The average molecular weight is 376 g/mol. The van der Waals surface area contributed by atoms with Crippen LogP contribution in [0, 0.1) is 5.82 Å². The van der Waals surface area contributed by atoms with Gasteiger partial charge in [0.25, 0.3) is 0 Å². The first-order chi connectivity index (χ1) is 12.3. The molecule has 26 heavy (non-hydrogen) atoms. The third kappa shape index (κ3) is 6.36. The van der Waals surface area contributed by atoms with E-state index in [-0.39, 0.29) is 11.8 Å². The van der Waals surface area contributed by atoms with Gasteiger partial charge in [0.1, 0.15) is 0 Å². The van der Waals surface area contributed by atoms with E-state index in [4.69, 9.17) is 4.74 Å². The van der Waals surface area contributed by atoms with Gasteiger partial charge in [-0.05, 0) is 31.0 Å². The second-order valence-corrected chi connectivity index (χ2v) is 6.10. The van der Waals surface area contributed by atoms with Gasteiger partial charge < -0.3 is 15.4 Å². The Kier molecular flexibility index (Phi) is 7.07. The molecule has 0 amide bonds. The number of nitrogens with one attached hydrogen (secondary N) is 2.